The van der Waals surface area contributed by atoms with E-state index in [1.54, 1.807) is 0 Å². The number of rotatable bonds is 9. The van der Waals surface area contributed by atoms with Gasteiger partial charge in [0.2, 0.25) is 5.91 Å². The average molecular weight is 484 g/mol. The summed E-state index contributed by atoms with van der Waals surface area (Å²) < 4.78 is 0. The van der Waals surface area contributed by atoms with Gasteiger partial charge in [-0.2, -0.15) is 0 Å². The fraction of sp³-hybridized carbons (Fsp3) is 0.520. The molecule has 3 aliphatic rings. The number of carboxylic acids is 1. The van der Waals surface area contributed by atoms with Gasteiger partial charge >= 0.3 is 0 Å². The number of quaternary nitrogens is 1. The van der Waals surface area contributed by atoms with Crippen LogP contribution in [0.2, 0.25) is 0 Å². The van der Waals surface area contributed by atoms with E-state index in [4.69, 9.17) is 9.97 Å². The van der Waals surface area contributed by atoms with Gasteiger partial charge in [-0.25, -0.2) is 9.97 Å². The molecule has 4 atom stereocenters. The molecule has 8 nitrogen and oxygen atoms in total. The van der Waals surface area contributed by atoms with Crippen LogP contribution in [0.5, 0.6) is 0 Å². The van der Waals surface area contributed by atoms with Gasteiger partial charge < -0.3 is 25.0 Å². The molecule has 1 unspecified atom stereocenters. The van der Waals surface area contributed by atoms with Gasteiger partial charge in [0.15, 0.2) is 0 Å². The van der Waals surface area contributed by atoms with Gasteiger partial charge in [0.05, 0.1) is 48.7 Å². The van der Waals surface area contributed by atoms with Crippen molar-refractivity contribution in [3.8, 4) is 11.3 Å². The molecule has 3 aliphatic heterocycles. The number of hydrogen-bond donors (Lipinski definition) is 2. The Bertz CT molecular complexity index is 1030. The molecule has 2 N–H and O–H groups in total. The minimum Gasteiger partial charge on any atom is -0.549 e. The first kappa shape index (κ1) is 24.5. The summed E-state index contributed by atoms with van der Waals surface area (Å²) in [4.78, 5) is 35.7. The highest BCUT2D eigenvalue weighted by Crippen LogP contribution is 2.35. The summed E-state index contributed by atoms with van der Waals surface area (Å²) >= 11 is 1.07. The largest absolute Gasteiger partial charge is 0.549 e. The van der Waals surface area contributed by atoms with Gasteiger partial charge in [-0.3, -0.25) is 4.79 Å². The second kappa shape index (κ2) is 10.7. The standard InChI is InChI=1S/C25H33N5O3S/c1-16-27-22(17-4-6-19(7-5-17)29(2)3)11-23(28-16)21-13-30-9-8-18(21)10-20(30)12-26-24(31)14-34-15-25(32)33/h4-7,11,18,20-21H,8-10,12-15H2,1-3H3,(H,26,31)(H,32,33)/t18-,20+,21-/m0/s1. The van der Waals surface area contributed by atoms with Crippen molar-refractivity contribution in [3.05, 3.63) is 41.9 Å². The van der Waals surface area contributed by atoms with Crippen molar-refractivity contribution in [2.45, 2.75) is 31.7 Å². The summed E-state index contributed by atoms with van der Waals surface area (Å²) in [7, 11) is 4.07. The summed E-state index contributed by atoms with van der Waals surface area (Å²) in [5.41, 5.74) is 4.36. The Morgan fingerprint density at radius 1 is 1.21 bits per heavy atom. The number of piperidine rings is 3. The average Bonchev–Trinajstić information content (AvgIpc) is 2.82. The summed E-state index contributed by atoms with van der Waals surface area (Å²) in [5, 5.41) is 13.5. The molecule has 0 radical (unpaired) electrons. The van der Waals surface area contributed by atoms with Crippen LogP contribution in [-0.4, -0.2) is 73.1 Å². The molecule has 34 heavy (non-hydrogen) atoms. The van der Waals surface area contributed by atoms with Crippen molar-refractivity contribution >= 4 is 29.3 Å². The van der Waals surface area contributed by atoms with Crippen molar-refractivity contribution in [2.24, 2.45) is 5.92 Å². The maximum Gasteiger partial charge on any atom is 0.230 e. The fourth-order valence-corrected chi connectivity index (χ4v) is 5.81. The highest BCUT2D eigenvalue weighted by molar-refractivity contribution is 8.00. The number of nitrogens with one attached hydrogen (secondary N) is 2. The third kappa shape index (κ3) is 5.88. The van der Waals surface area contributed by atoms with Gasteiger partial charge in [0, 0.05) is 43.9 Å². The Morgan fingerprint density at radius 2 is 1.97 bits per heavy atom. The molecular weight excluding hydrogens is 450 g/mol. The van der Waals surface area contributed by atoms with Crippen molar-refractivity contribution in [1.82, 2.24) is 15.3 Å². The van der Waals surface area contributed by atoms with Crippen LogP contribution in [0.4, 0.5) is 5.69 Å². The minimum absolute atomic E-state index is 0.110. The van der Waals surface area contributed by atoms with Crippen molar-refractivity contribution in [1.29, 1.82) is 0 Å². The molecule has 0 aliphatic carbocycles. The van der Waals surface area contributed by atoms with Crippen molar-refractivity contribution in [2.75, 3.05) is 50.1 Å². The number of amides is 1. The van der Waals surface area contributed by atoms with Crippen LogP contribution in [0.25, 0.3) is 11.3 Å². The van der Waals surface area contributed by atoms with Crippen LogP contribution in [0, 0.1) is 12.8 Å². The highest BCUT2D eigenvalue weighted by Gasteiger charge is 2.44. The van der Waals surface area contributed by atoms with Crippen LogP contribution in [0.3, 0.4) is 0 Å². The topological polar surface area (TPSA) is 103 Å². The zero-order chi connectivity index (χ0) is 24.2. The number of aliphatic carboxylic acids is 1. The fourth-order valence-electron chi connectivity index (χ4n) is 5.26. The molecule has 2 bridgehead atoms. The Hall–Kier alpha value is -2.65. The van der Waals surface area contributed by atoms with Gasteiger partial charge in [-0.15, -0.1) is 11.8 Å². The summed E-state index contributed by atoms with van der Waals surface area (Å²) in [6.45, 7) is 4.73. The van der Waals surface area contributed by atoms with Crippen LogP contribution in [0.15, 0.2) is 30.3 Å². The first-order chi connectivity index (χ1) is 16.3. The van der Waals surface area contributed by atoms with E-state index in [2.05, 4.69) is 40.5 Å². The number of carboxylic acid groups (broad SMARTS) is 1. The van der Waals surface area contributed by atoms with Crippen LogP contribution < -0.4 is 20.2 Å². The van der Waals surface area contributed by atoms with E-state index in [1.165, 1.54) is 11.3 Å². The number of benzene rings is 1. The number of aryl methyl sites for hydroxylation is 1. The maximum absolute atomic E-state index is 12.1. The molecule has 1 aromatic carbocycles. The number of aromatic nitrogens is 2. The third-order valence-corrected chi connectivity index (χ3v) is 7.87. The predicted molar refractivity (Wildman–Crippen MR) is 132 cm³/mol. The summed E-state index contributed by atoms with van der Waals surface area (Å²) in [6.07, 6.45) is 2.23. The lowest BCUT2D eigenvalue weighted by Crippen LogP contribution is -3.20. The molecule has 182 valence electrons. The lowest BCUT2D eigenvalue weighted by molar-refractivity contribution is -0.942. The van der Waals surface area contributed by atoms with E-state index >= 15 is 0 Å². The van der Waals surface area contributed by atoms with Gasteiger partial charge in [-0.05, 0) is 31.0 Å². The number of nitrogens with zero attached hydrogens (tertiary/aromatic N) is 3. The number of carbonyl (C=O) groups excluding carboxylic acids is 2. The minimum atomic E-state index is -1.14. The first-order valence-electron chi connectivity index (χ1n) is 11.8. The van der Waals surface area contributed by atoms with Crippen molar-refractivity contribution < 1.29 is 19.6 Å². The lowest BCUT2D eigenvalue weighted by atomic mass is 9.74. The number of carbonyl (C=O) groups is 2. The quantitative estimate of drug-likeness (QED) is 0.513. The van der Waals surface area contributed by atoms with Crippen LogP contribution >= 0.6 is 11.8 Å². The van der Waals surface area contributed by atoms with Gasteiger partial charge in [0.25, 0.3) is 0 Å². The monoisotopic (exact) mass is 483 g/mol. The van der Waals surface area contributed by atoms with Gasteiger partial charge in [-0.1, -0.05) is 12.1 Å². The van der Waals surface area contributed by atoms with E-state index in [0.29, 0.717) is 24.4 Å². The van der Waals surface area contributed by atoms with E-state index in [9.17, 15) is 14.7 Å². The Labute approximate surface area is 205 Å². The molecule has 4 heterocycles. The van der Waals surface area contributed by atoms with Gasteiger partial charge in [0.1, 0.15) is 11.9 Å². The Balaban J connectivity index is 1.40. The second-order valence-electron chi connectivity index (χ2n) is 9.54. The molecule has 3 fully saturated rings. The first-order valence-corrected chi connectivity index (χ1v) is 13.0. The Morgan fingerprint density at radius 3 is 2.62 bits per heavy atom. The molecular formula is C25H33N5O3S. The molecule has 5 rings (SSSR count). The molecule has 3 saturated heterocycles. The highest BCUT2D eigenvalue weighted by atomic mass is 32.2. The maximum atomic E-state index is 12.1. The van der Waals surface area contributed by atoms with Crippen molar-refractivity contribution in [3.63, 3.8) is 0 Å². The Kier molecular flexibility index (Phi) is 7.73. The molecule has 0 spiro atoms. The number of thioether (sulfide) groups is 1. The zero-order valence-corrected chi connectivity index (χ0v) is 20.9. The van der Waals surface area contributed by atoms with E-state index in [-0.39, 0.29) is 17.4 Å². The molecule has 1 amide bonds. The zero-order valence-electron chi connectivity index (χ0n) is 20.0. The van der Waals surface area contributed by atoms with Crippen LogP contribution in [-0.2, 0) is 9.59 Å². The number of anilines is 1. The lowest BCUT2D eigenvalue weighted by Gasteiger charge is -2.46. The molecule has 1 aromatic heterocycles. The second-order valence-corrected chi connectivity index (χ2v) is 10.5. The molecule has 0 saturated carbocycles. The van der Waals surface area contributed by atoms with E-state index in [0.717, 1.165) is 59.7 Å². The normalized spacial score (nSPS) is 23.5. The molecule has 2 aromatic rings. The van der Waals surface area contributed by atoms with E-state index < -0.39 is 5.97 Å². The van der Waals surface area contributed by atoms with E-state index in [1.807, 2.05) is 21.0 Å². The number of fused-ring (bicyclic) bond motifs is 3. The third-order valence-electron chi connectivity index (χ3n) is 6.97. The number of hydrogen-bond acceptors (Lipinski definition) is 7. The smallest absolute Gasteiger partial charge is 0.230 e. The summed E-state index contributed by atoms with van der Waals surface area (Å²) in [6, 6.07) is 11.0. The molecule has 9 heteroatoms. The van der Waals surface area contributed by atoms with Crippen LogP contribution in [0.1, 0.15) is 30.3 Å². The SMILES string of the molecule is Cc1nc(-c2ccc(N(C)C)cc2)cc([C@H]2C[NH+]3CC[C@H]2C[C@@H]3CNC(=O)CSCC(=O)[O-])n1. The summed E-state index contributed by atoms with van der Waals surface area (Å²) in [5.74, 6) is 0.493. The predicted octanol–water partition coefficient (Wildman–Crippen LogP) is -0.122.